The van der Waals surface area contributed by atoms with E-state index < -0.39 is 11.6 Å². The van der Waals surface area contributed by atoms with E-state index in [1.165, 1.54) is 6.08 Å². The summed E-state index contributed by atoms with van der Waals surface area (Å²) in [4.78, 5) is 11.8. The Bertz CT molecular complexity index is 569. The maximum atomic E-state index is 11.8. The smallest absolute Gasteiger partial charge is 0.334 e. The van der Waals surface area contributed by atoms with Crippen molar-refractivity contribution in [2.45, 2.75) is 50.5 Å². The van der Waals surface area contributed by atoms with Crippen molar-refractivity contribution < 1.29 is 19.7 Å². The molecule has 4 heteroatoms. The first-order valence-corrected chi connectivity index (χ1v) is 7.98. The lowest BCUT2D eigenvalue weighted by molar-refractivity contribution is -0.165. The Balaban J connectivity index is 1.78. The number of hydrogen-bond donors (Lipinski definition) is 2. The molecule has 2 N–H and O–H groups in total. The number of phenolic OH excluding ortho intramolecular Hbond substituents is 1. The Morgan fingerprint density at radius 2 is 1.82 bits per heavy atom. The molecular formula is C18H22O4. The van der Waals surface area contributed by atoms with E-state index in [1.54, 1.807) is 12.1 Å². The highest BCUT2D eigenvalue weighted by molar-refractivity contribution is 5.83. The third-order valence-electron chi connectivity index (χ3n) is 4.94. The van der Waals surface area contributed by atoms with Gasteiger partial charge in [0.25, 0.3) is 0 Å². The molecule has 1 atom stereocenters. The summed E-state index contributed by atoms with van der Waals surface area (Å²) < 4.78 is 5.75. The molecule has 1 aromatic carbocycles. The first-order chi connectivity index (χ1) is 10.6. The van der Waals surface area contributed by atoms with Crippen LogP contribution in [0.3, 0.4) is 0 Å². The molecule has 1 unspecified atom stereocenters. The zero-order valence-corrected chi connectivity index (χ0v) is 12.6. The van der Waals surface area contributed by atoms with Crippen LogP contribution in [0.25, 0.3) is 0 Å². The van der Waals surface area contributed by atoms with Gasteiger partial charge < -0.3 is 14.9 Å². The first-order valence-electron chi connectivity index (χ1n) is 7.98. The summed E-state index contributed by atoms with van der Waals surface area (Å²) in [6.45, 7) is 0. The van der Waals surface area contributed by atoms with Crippen LogP contribution in [0.15, 0.2) is 36.1 Å². The molecule has 0 radical (unpaired) electrons. The number of phenols is 1. The Kier molecular flexibility index (Phi) is 4.10. The van der Waals surface area contributed by atoms with Gasteiger partial charge in [0.1, 0.15) is 17.1 Å². The molecular weight excluding hydrogens is 280 g/mol. The quantitative estimate of drug-likeness (QED) is 0.833. The number of esters is 1. The molecule has 3 rings (SSSR count). The fraction of sp³-hybridized carbons (Fsp3) is 0.500. The molecule has 1 saturated carbocycles. The average Bonchev–Trinajstić information content (AvgIpc) is 3.00. The van der Waals surface area contributed by atoms with Crippen molar-refractivity contribution in [3.8, 4) is 5.75 Å². The number of aryl methyl sites for hydroxylation is 1. The maximum absolute atomic E-state index is 11.8. The molecule has 1 heterocycles. The highest BCUT2D eigenvalue weighted by atomic mass is 16.6. The molecule has 0 saturated heterocycles. The lowest BCUT2D eigenvalue weighted by atomic mass is 9.77. The van der Waals surface area contributed by atoms with Gasteiger partial charge in [-0.15, -0.1) is 0 Å². The Morgan fingerprint density at radius 1 is 1.14 bits per heavy atom. The second-order valence-electron chi connectivity index (χ2n) is 6.45. The first kappa shape index (κ1) is 14.9. The fourth-order valence-electron chi connectivity index (χ4n) is 3.80. The Hall–Kier alpha value is -1.97. The van der Waals surface area contributed by atoms with E-state index in [1.807, 2.05) is 12.1 Å². The molecule has 2 aliphatic rings. The summed E-state index contributed by atoms with van der Waals surface area (Å²) in [5.41, 5.74) is 0.518. The summed E-state index contributed by atoms with van der Waals surface area (Å²) in [6.07, 6.45) is 7.49. The number of aromatic hydroxyl groups is 1. The van der Waals surface area contributed by atoms with E-state index in [0.717, 1.165) is 37.7 Å². The van der Waals surface area contributed by atoms with Crippen LogP contribution in [0.1, 0.15) is 44.1 Å². The average molecular weight is 302 g/mol. The van der Waals surface area contributed by atoms with Crippen LogP contribution in [0.4, 0.5) is 0 Å². The summed E-state index contributed by atoms with van der Waals surface area (Å²) in [7, 11) is 0. The normalized spacial score (nSPS) is 25.8. The van der Waals surface area contributed by atoms with Crippen molar-refractivity contribution in [3.63, 3.8) is 0 Å². The zero-order valence-electron chi connectivity index (χ0n) is 12.6. The van der Waals surface area contributed by atoms with Gasteiger partial charge >= 0.3 is 5.97 Å². The van der Waals surface area contributed by atoms with Gasteiger partial charge in [0, 0.05) is 6.42 Å². The van der Waals surface area contributed by atoms with E-state index in [-0.39, 0.29) is 11.5 Å². The van der Waals surface area contributed by atoms with Gasteiger partial charge in [0.15, 0.2) is 0 Å². The van der Waals surface area contributed by atoms with Crippen LogP contribution in [-0.2, 0) is 16.0 Å². The van der Waals surface area contributed by atoms with E-state index in [4.69, 9.17) is 4.74 Å². The second kappa shape index (κ2) is 6.03. The number of benzene rings is 1. The number of aliphatic hydroxyl groups is 1. The summed E-state index contributed by atoms with van der Waals surface area (Å²) in [5.74, 6) is 0.276. The summed E-state index contributed by atoms with van der Waals surface area (Å²) in [6, 6.07) is 7.11. The molecule has 0 bridgehead atoms. The van der Waals surface area contributed by atoms with E-state index in [2.05, 4.69) is 0 Å². The van der Waals surface area contributed by atoms with Crippen molar-refractivity contribution in [1.29, 1.82) is 0 Å². The number of rotatable bonds is 4. The number of cyclic esters (lactones) is 1. The third-order valence-corrected chi connectivity index (χ3v) is 4.94. The van der Waals surface area contributed by atoms with Crippen LogP contribution in [0.5, 0.6) is 5.75 Å². The van der Waals surface area contributed by atoms with Crippen LogP contribution in [-0.4, -0.2) is 21.8 Å². The van der Waals surface area contributed by atoms with E-state index in [0.29, 0.717) is 18.8 Å². The third kappa shape index (κ3) is 3.11. The maximum Gasteiger partial charge on any atom is 0.334 e. The van der Waals surface area contributed by atoms with Crippen LogP contribution < -0.4 is 0 Å². The van der Waals surface area contributed by atoms with Gasteiger partial charge in [-0.3, -0.25) is 0 Å². The molecule has 1 aliphatic heterocycles. The molecule has 4 nitrogen and oxygen atoms in total. The van der Waals surface area contributed by atoms with E-state index in [9.17, 15) is 15.0 Å². The predicted molar refractivity (Wildman–Crippen MR) is 82.5 cm³/mol. The van der Waals surface area contributed by atoms with Gasteiger partial charge in [-0.1, -0.05) is 25.0 Å². The van der Waals surface area contributed by atoms with Gasteiger partial charge in [-0.05, 0) is 49.3 Å². The SMILES string of the molecule is O=C1C=C(O)CC(CCc2ccc(O)cc2)(C2CCCC2)O1. The van der Waals surface area contributed by atoms with Crippen LogP contribution >= 0.6 is 0 Å². The predicted octanol–water partition coefficient (Wildman–Crippen LogP) is 3.64. The van der Waals surface area contributed by atoms with Gasteiger partial charge in [0.2, 0.25) is 0 Å². The lowest BCUT2D eigenvalue weighted by Crippen LogP contribution is -2.44. The topological polar surface area (TPSA) is 66.8 Å². The number of carbonyl (C=O) groups excluding carboxylic acids is 1. The number of ether oxygens (including phenoxy) is 1. The fourth-order valence-corrected chi connectivity index (χ4v) is 3.80. The van der Waals surface area contributed by atoms with E-state index >= 15 is 0 Å². The van der Waals surface area contributed by atoms with Crippen molar-refractivity contribution in [1.82, 2.24) is 0 Å². The largest absolute Gasteiger partial charge is 0.512 e. The van der Waals surface area contributed by atoms with Crippen molar-refractivity contribution >= 4 is 5.97 Å². The molecule has 22 heavy (non-hydrogen) atoms. The monoisotopic (exact) mass is 302 g/mol. The van der Waals surface area contributed by atoms with Crippen LogP contribution in [0, 0.1) is 5.92 Å². The molecule has 1 fully saturated rings. The minimum absolute atomic E-state index is 0.133. The molecule has 118 valence electrons. The lowest BCUT2D eigenvalue weighted by Gasteiger charge is -2.40. The van der Waals surface area contributed by atoms with Crippen molar-refractivity contribution in [2.24, 2.45) is 5.92 Å². The highest BCUT2D eigenvalue weighted by Gasteiger charge is 2.45. The Morgan fingerprint density at radius 3 is 2.45 bits per heavy atom. The molecule has 1 aromatic rings. The van der Waals surface area contributed by atoms with Crippen molar-refractivity contribution in [3.05, 3.63) is 41.7 Å². The zero-order chi connectivity index (χ0) is 15.6. The minimum Gasteiger partial charge on any atom is -0.512 e. The summed E-state index contributed by atoms with van der Waals surface area (Å²) >= 11 is 0. The molecule has 0 amide bonds. The number of carbonyl (C=O) groups is 1. The molecule has 0 aromatic heterocycles. The van der Waals surface area contributed by atoms with Crippen molar-refractivity contribution in [2.75, 3.05) is 0 Å². The Labute approximate surface area is 130 Å². The minimum atomic E-state index is -0.579. The number of hydrogen-bond acceptors (Lipinski definition) is 4. The highest BCUT2D eigenvalue weighted by Crippen LogP contribution is 2.44. The summed E-state index contributed by atoms with van der Waals surface area (Å²) in [5, 5.41) is 19.3. The second-order valence-corrected chi connectivity index (χ2v) is 6.45. The number of aliphatic hydroxyl groups excluding tert-OH is 1. The molecule has 1 aliphatic carbocycles. The molecule has 0 spiro atoms. The van der Waals surface area contributed by atoms with Gasteiger partial charge in [-0.25, -0.2) is 4.79 Å². The standard InChI is InChI=1S/C18H22O4/c19-15-7-5-13(6-8-15)9-10-18(14-3-1-2-4-14)12-16(20)11-17(21)22-18/h5-8,11,14,19-20H,1-4,9-10,12H2. The van der Waals surface area contributed by atoms with Crippen LogP contribution in [0.2, 0.25) is 0 Å². The van der Waals surface area contributed by atoms with Gasteiger partial charge in [-0.2, -0.15) is 0 Å². The van der Waals surface area contributed by atoms with Gasteiger partial charge in [0.05, 0.1) is 6.08 Å².